The van der Waals surface area contributed by atoms with Gasteiger partial charge < -0.3 is 9.53 Å². The van der Waals surface area contributed by atoms with Crippen LogP contribution < -0.4 is 0 Å². The molecule has 0 N–H and O–H groups in total. The highest BCUT2D eigenvalue weighted by molar-refractivity contribution is 5.65. The maximum atomic E-state index is 9.62. The molecule has 3 heteroatoms. The molecule has 0 bridgehead atoms. The molecule has 0 aromatic heterocycles. The van der Waals surface area contributed by atoms with E-state index in [0.717, 1.165) is 6.29 Å². The number of hydrogen-bond acceptors (Lipinski definition) is 3. The van der Waals surface area contributed by atoms with Gasteiger partial charge in [-0.15, -0.1) is 0 Å². The van der Waals surface area contributed by atoms with Crippen molar-refractivity contribution in [3.8, 4) is 0 Å². The Labute approximate surface area is 67.7 Å². The van der Waals surface area contributed by atoms with Crippen LogP contribution in [0.5, 0.6) is 0 Å². The van der Waals surface area contributed by atoms with E-state index in [1.165, 1.54) is 14.0 Å². The van der Waals surface area contributed by atoms with Crippen molar-refractivity contribution in [2.24, 2.45) is 5.92 Å². The summed E-state index contributed by atoms with van der Waals surface area (Å²) in [5, 5.41) is 0. The maximum absolute atomic E-state index is 9.62. The zero-order valence-corrected chi connectivity index (χ0v) is 7.59. The van der Waals surface area contributed by atoms with Crippen molar-refractivity contribution < 1.29 is 14.3 Å². The molecule has 0 fully saturated rings. The van der Waals surface area contributed by atoms with Crippen LogP contribution in [0.25, 0.3) is 0 Å². The van der Waals surface area contributed by atoms with Crippen molar-refractivity contribution >= 4 is 12.3 Å². The van der Waals surface area contributed by atoms with Crippen LogP contribution in [0.15, 0.2) is 0 Å². The highest BCUT2D eigenvalue weighted by Crippen LogP contribution is 1.92. The molecule has 0 rings (SSSR count). The van der Waals surface area contributed by atoms with Gasteiger partial charge in [0.15, 0.2) is 0 Å². The monoisotopic (exact) mass is 160 g/mol. The van der Waals surface area contributed by atoms with Gasteiger partial charge in [-0.2, -0.15) is 0 Å². The van der Waals surface area contributed by atoms with E-state index < -0.39 is 0 Å². The molecule has 11 heavy (non-hydrogen) atoms. The molecule has 0 atom stereocenters. The van der Waals surface area contributed by atoms with Gasteiger partial charge in [-0.1, -0.05) is 13.8 Å². The molecule has 66 valence electrons. The van der Waals surface area contributed by atoms with E-state index in [0.29, 0.717) is 12.3 Å². The summed E-state index contributed by atoms with van der Waals surface area (Å²) >= 11 is 0. The molecule has 0 spiro atoms. The van der Waals surface area contributed by atoms with E-state index >= 15 is 0 Å². The molecule has 0 heterocycles. The topological polar surface area (TPSA) is 43.4 Å². The van der Waals surface area contributed by atoms with E-state index in [9.17, 15) is 9.59 Å². The number of esters is 1. The average Bonchev–Trinajstić information content (AvgIpc) is 1.89. The molecular formula is C8H16O3. The SMILES string of the molecule is CC(C)CC=O.COC(C)=O. The van der Waals surface area contributed by atoms with Crippen LogP contribution in [0.1, 0.15) is 27.2 Å². The zero-order chi connectivity index (χ0) is 9.28. The number of methoxy groups -OCH3 is 1. The Hall–Kier alpha value is -0.860. The summed E-state index contributed by atoms with van der Waals surface area (Å²) in [7, 11) is 1.35. The highest BCUT2D eigenvalue weighted by atomic mass is 16.5. The fourth-order valence-corrected chi connectivity index (χ4v) is 0.192. The first-order valence-corrected chi connectivity index (χ1v) is 3.52. The van der Waals surface area contributed by atoms with Crippen molar-refractivity contribution in [3.63, 3.8) is 0 Å². The lowest BCUT2D eigenvalue weighted by Crippen LogP contribution is -1.88. The Morgan fingerprint density at radius 3 is 1.91 bits per heavy atom. The minimum absolute atomic E-state index is 0.245. The van der Waals surface area contributed by atoms with Crippen molar-refractivity contribution in [1.82, 2.24) is 0 Å². The van der Waals surface area contributed by atoms with Gasteiger partial charge in [0.1, 0.15) is 6.29 Å². The predicted octanol–water partition coefficient (Wildman–Crippen LogP) is 1.41. The van der Waals surface area contributed by atoms with Gasteiger partial charge in [0, 0.05) is 13.3 Å². The summed E-state index contributed by atoms with van der Waals surface area (Å²) < 4.78 is 4.11. The van der Waals surface area contributed by atoms with E-state index in [-0.39, 0.29) is 5.97 Å². The second-order valence-electron chi connectivity index (χ2n) is 2.49. The lowest BCUT2D eigenvalue weighted by Gasteiger charge is -1.89. The van der Waals surface area contributed by atoms with Crippen molar-refractivity contribution in [3.05, 3.63) is 0 Å². The summed E-state index contributed by atoms with van der Waals surface area (Å²) in [5.41, 5.74) is 0. The first-order valence-electron chi connectivity index (χ1n) is 3.52. The third kappa shape index (κ3) is 27.2. The Bertz CT molecular complexity index is 108. The molecule has 0 amide bonds. The molecule has 0 saturated carbocycles. The minimum atomic E-state index is -0.245. The Morgan fingerprint density at radius 1 is 1.55 bits per heavy atom. The molecule has 0 radical (unpaired) electrons. The molecule has 0 aliphatic heterocycles. The Kier molecular flexibility index (Phi) is 10.6. The summed E-state index contributed by atoms with van der Waals surface area (Å²) in [4.78, 5) is 19.2. The third-order valence-electron chi connectivity index (χ3n) is 0.855. The molecule has 0 aromatic rings. The van der Waals surface area contributed by atoms with Gasteiger partial charge in [-0.3, -0.25) is 4.79 Å². The van der Waals surface area contributed by atoms with Crippen molar-refractivity contribution in [1.29, 1.82) is 0 Å². The summed E-state index contributed by atoms with van der Waals surface area (Å²) in [5.74, 6) is 0.285. The third-order valence-corrected chi connectivity index (χ3v) is 0.855. The van der Waals surface area contributed by atoms with Gasteiger partial charge >= 0.3 is 5.97 Å². The van der Waals surface area contributed by atoms with Crippen LogP contribution in [0.4, 0.5) is 0 Å². The van der Waals surface area contributed by atoms with Crippen LogP contribution >= 0.6 is 0 Å². The number of hydrogen-bond donors (Lipinski definition) is 0. The van der Waals surface area contributed by atoms with Crippen LogP contribution in [0, 0.1) is 5.92 Å². The molecule has 0 aliphatic carbocycles. The second kappa shape index (κ2) is 9.14. The standard InChI is InChI=1S/C5H10O.C3H6O2/c1-5(2)3-4-6;1-3(4)5-2/h4-5H,3H2,1-2H3;1-2H3. The number of ether oxygens (including phenoxy) is 1. The van der Waals surface area contributed by atoms with E-state index in [2.05, 4.69) is 4.74 Å². The van der Waals surface area contributed by atoms with E-state index in [1.54, 1.807) is 0 Å². The number of carbonyl (C=O) groups is 2. The summed E-state index contributed by atoms with van der Waals surface area (Å²) in [6.07, 6.45) is 1.64. The Morgan fingerprint density at radius 2 is 1.91 bits per heavy atom. The maximum Gasteiger partial charge on any atom is 0.302 e. The predicted molar refractivity (Wildman–Crippen MR) is 43.2 cm³/mol. The molecule has 0 aromatic carbocycles. The van der Waals surface area contributed by atoms with Gasteiger partial charge in [-0.05, 0) is 5.92 Å². The average molecular weight is 160 g/mol. The molecule has 3 nitrogen and oxygen atoms in total. The first kappa shape index (κ1) is 12.8. The second-order valence-corrected chi connectivity index (χ2v) is 2.49. The van der Waals surface area contributed by atoms with Crippen LogP contribution in [-0.2, 0) is 14.3 Å². The minimum Gasteiger partial charge on any atom is -0.469 e. The Balaban J connectivity index is 0. The lowest BCUT2D eigenvalue weighted by molar-refractivity contribution is -0.137. The van der Waals surface area contributed by atoms with Gasteiger partial charge in [0.05, 0.1) is 7.11 Å². The first-order chi connectivity index (χ1) is 5.04. The van der Waals surface area contributed by atoms with Crippen LogP contribution in [-0.4, -0.2) is 19.4 Å². The highest BCUT2D eigenvalue weighted by Gasteiger charge is 1.85. The number of carbonyl (C=O) groups excluding carboxylic acids is 2. The summed E-state index contributed by atoms with van der Waals surface area (Å²) in [6.45, 7) is 5.41. The van der Waals surface area contributed by atoms with Crippen LogP contribution in [0.3, 0.4) is 0 Å². The van der Waals surface area contributed by atoms with Crippen molar-refractivity contribution in [2.45, 2.75) is 27.2 Å². The zero-order valence-electron chi connectivity index (χ0n) is 7.59. The van der Waals surface area contributed by atoms with E-state index in [4.69, 9.17) is 0 Å². The van der Waals surface area contributed by atoms with E-state index in [1.807, 2.05) is 13.8 Å². The lowest BCUT2D eigenvalue weighted by atomic mass is 10.2. The largest absolute Gasteiger partial charge is 0.469 e. The summed E-state index contributed by atoms with van der Waals surface area (Å²) in [6, 6.07) is 0. The molecular weight excluding hydrogens is 144 g/mol. The van der Waals surface area contributed by atoms with Gasteiger partial charge in [0.2, 0.25) is 0 Å². The fourth-order valence-electron chi connectivity index (χ4n) is 0.192. The van der Waals surface area contributed by atoms with Crippen LogP contribution in [0.2, 0.25) is 0 Å². The van der Waals surface area contributed by atoms with Gasteiger partial charge in [0.25, 0.3) is 0 Å². The van der Waals surface area contributed by atoms with Crippen molar-refractivity contribution in [2.75, 3.05) is 7.11 Å². The fraction of sp³-hybridized carbons (Fsp3) is 0.750. The van der Waals surface area contributed by atoms with Gasteiger partial charge in [-0.25, -0.2) is 0 Å². The quantitative estimate of drug-likeness (QED) is 0.453. The number of rotatable bonds is 2. The smallest absolute Gasteiger partial charge is 0.302 e. The normalized spacial score (nSPS) is 8.09. The molecule has 0 saturated heterocycles. The number of aldehydes is 1. The molecule has 0 aliphatic rings. The molecule has 0 unspecified atom stereocenters.